The van der Waals surface area contributed by atoms with Gasteiger partial charge in [0, 0.05) is 55.5 Å². The number of nitrogens with zero attached hydrogens (tertiary/aromatic N) is 7. The number of allylic oxidation sites excluding steroid dienone is 2. The fraction of sp³-hybridized carbons (Fsp3) is 0.0667. The van der Waals surface area contributed by atoms with Crippen LogP contribution in [0.1, 0.15) is 29.5 Å². The number of anilines is 2. The van der Waals surface area contributed by atoms with Crippen LogP contribution < -0.4 is 4.90 Å². The van der Waals surface area contributed by atoms with E-state index in [0.29, 0.717) is 23.0 Å². The molecule has 11 aromatic rings. The van der Waals surface area contributed by atoms with Gasteiger partial charge in [-0.1, -0.05) is 164 Å². The van der Waals surface area contributed by atoms with Crippen LogP contribution in [0.15, 0.2) is 206 Å². The monoisotopic (exact) mass is 859 g/mol. The summed E-state index contributed by atoms with van der Waals surface area (Å²) in [4.78, 5) is 18.2. The highest BCUT2D eigenvalue weighted by Gasteiger charge is 2.42. The van der Waals surface area contributed by atoms with E-state index < -0.39 is 0 Å². The first kappa shape index (κ1) is 38.6. The van der Waals surface area contributed by atoms with Gasteiger partial charge in [-0.2, -0.15) is 5.26 Å². The van der Waals surface area contributed by atoms with Crippen LogP contribution in [-0.4, -0.2) is 30.1 Å². The van der Waals surface area contributed by atoms with E-state index in [1.165, 1.54) is 16.7 Å². The molecule has 4 heterocycles. The molecule has 8 aromatic carbocycles. The maximum Gasteiger partial charge on any atom is 0.166 e. The summed E-state index contributed by atoms with van der Waals surface area (Å²) in [5.41, 5.74) is 14.8. The summed E-state index contributed by atoms with van der Waals surface area (Å²) in [5, 5.41) is 16.1. The normalized spacial score (nSPS) is 15.3. The zero-order chi connectivity index (χ0) is 44.8. The van der Waals surface area contributed by atoms with Crippen molar-refractivity contribution in [1.82, 2.24) is 24.1 Å². The van der Waals surface area contributed by atoms with Crippen LogP contribution in [-0.2, 0) is 0 Å². The highest BCUT2D eigenvalue weighted by atomic mass is 15.2. The second kappa shape index (κ2) is 15.1. The van der Waals surface area contributed by atoms with E-state index in [1.54, 1.807) is 0 Å². The minimum Gasteiger partial charge on any atom is -0.332 e. The van der Waals surface area contributed by atoms with Crippen molar-refractivity contribution in [2.75, 3.05) is 4.90 Å². The van der Waals surface area contributed by atoms with Crippen LogP contribution in [0.4, 0.5) is 11.4 Å². The molecule has 1 aliphatic carbocycles. The van der Waals surface area contributed by atoms with E-state index in [2.05, 4.69) is 167 Å². The minimum atomic E-state index is -0.0323. The van der Waals surface area contributed by atoms with Crippen molar-refractivity contribution in [3.05, 3.63) is 222 Å². The second-order valence-electron chi connectivity index (χ2n) is 17.6. The molecule has 316 valence electrons. The van der Waals surface area contributed by atoms with E-state index in [-0.39, 0.29) is 12.0 Å². The number of aromatic nitrogens is 5. The number of fused-ring (bicyclic) bond motifs is 10. The Balaban J connectivity index is 1.19. The molecule has 67 heavy (non-hydrogen) atoms. The van der Waals surface area contributed by atoms with Crippen LogP contribution in [0.25, 0.3) is 89.2 Å². The maximum atomic E-state index is 11.6. The van der Waals surface area contributed by atoms with Crippen LogP contribution in [0.5, 0.6) is 0 Å². The predicted octanol–water partition coefficient (Wildman–Crippen LogP) is 14.4. The molecule has 0 bridgehead atoms. The van der Waals surface area contributed by atoms with Gasteiger partial charge in [-0.15, -0.1) is 0 Å². The second-order valence-corrected chi connectivity index (χ2v) is 17.6. The van der Waals surface area contributed by atoms with Crippen LogP contribution in [0.2, 0.25) is 0 Å². The Morgan fingerprint density at radius 3 is 1.73 bits per heavy atom. The summed E-state index contributed by atoms with van der Waals surface area (Å²) >= 11 is 0. The third-order valence-electron chi connectivity index (χ3n) is 13.8. The van der Waals surface area contributed by atoms with E-state index in [4.69, 9.17) is 15.0 Å². The first-order valence-corrected chi connectivity index (χ1v) is 22.8. The molecule has 7 nitrogen and oxygen atoms in total. The van der Waals surface area contributed by atoms with Crippen molar-refractivity contribution >= 4 is 55.0 Å². The highest BCUT2D eigenvalue weighted by Crippen LogP contribution is 2.54. The van der Waals surface area contributed by atoms with Gasteiger partial charge in [-0.25, -0.2) is 15.0 Å². The molecular formula is C60H41N7. The number of aryl methyl sites for hydroxylation is 1. The van der Waals surface area contributed by atoms with Gasteiger partial charge >= 0.3 is 0 Å². The molecule has 2 unspecified atom stereocenters. The quantitative estimate of drug-likeness (QED) is 0.166. The lowest BCUT2D eigenvalue weighted by molar-refractivity contribution is 0.705. The Hall–Kier alpha value is -8.86. The average molecular weight is 860 g/mol. The molecule has 2 aliphatic rings. The number of para-hydroxylation sites is 4. The lowest BCUT2D eigenvalue weighted by Crippen LogP contribution is -2.32. The molecule has 3 aromatic heterocycles. The zero-order valence-corrected chi connectivity index (χ0v) is 36.8. The van der Waals surface area contributed by atoms with Crippen molar-refractivity contribution in [2.45, 2.75) is 25.8 Å². The Labute approximate surface area is 387 Å². The van der Waals surface area contributed by atoms with Crippen molar-refractivity contribution in [3.8, 4) is 51.6 Å². The molecule has 1 aliphatic heterocycles. The van der Waals surface area contributed by atoms with E-state index in [9.17, 15) is 5.26 Å². The maximum absolute atomic E-state index is 11.6. The lowest BCUT2D eigenvalue weighted by atomic mass is 9.86. The SMILES string of the molecule is CC1=CC=CC2c3cccc(C)c3N(c3cc(-n4c5ccccc5c5ccc6c7ccccc7n(-c7ccccc7)c6c54)c(C#N)cc3-c3nc(-c4ccccc4)nc(-c4ccccc4)n3)C12. The summed E-state index contributed by atoms with van der Waals surface area (Å²) in [5.74, 6) is 1.72. The molecule has 0 amide bonds. The van der Waals surface area contributed by atoms with Gasteiger partial charge < -0.3 is 14.0 Å². The largest absolute Gasteiger partial charge is 0.332 e. The Kier molecular flexibility index (Phi) is 8.71. The van der Waals surface area contributed by atoms with E-state index >= 15 is 0 Å². The van der Waals surface area contributed by atoms with Gasteiger partial charge in [-0.3, -0.25) is 0 Å². The van der Waals surface area contributed by atoms with Gasteiger partial charge in [0.15, 0.2) is 17.5 Å². The number of benzene rings is 8. The smallest absolute Gasteiger partial charge is 0.166 e. The van der Waals surface area contributed by atoms with Gasteiger partial charge in [0.25, 0.3) is 0 Å². The molecule has 0 spiro atoms. The van der Waals surface area contributed by atoms with Gasteiger partial charge in [0.1, 0.15) is 6.07 Å². The Bertz CT molecular complexity index is 3850. The lowest BCUT2D eigenvalue weighted by Gasteiger charge is -2.34. The summed E-state index contributed by atoms with van der Waals surface area (Å²) < 4.78 is 4.73. The third kappa shape index (κ3) is 5.86. The average Bonchev–Trinajstić information content (AvgIpc) is 4.04. The molecule has 0 radical (unpaired) electrons. The molecule has 0 fully saturated rings. The predicted molar refractivity (Wildman–Crippen MR) is 272 cm³/mol. The van der Waals surface area contributed by atoms with E-state index in [0.717, 1.165) is 83.1 Å². The molecule has 0 saturated heterocycles. The van der Waals surface area contributed by atoms with Crippen molar-refractivity contribution in [3.63, 3.8) is 0 Å². The van der Waals surface area contributed by atoms with E-state index in [1.807, 2.05) is 66.7 Å². The summed E-state index contributed by atoms with van der Waals surface area (Å²) in [6.07, 6.45) is 6.75. The van der Waals surface area contributed by atoms with Gasteiger partial charge in [0.05, 0.1) is 45.0 Å². The Morgan fingerprint density at radius 2 is 1.09 bits per heavy atom. The summed E-state index contributed by atoms with van der Waals surface area (Å²) in [6, 6.07) is 66.1. The van der Waals surface area contributed by atoms with Crippen molar-refractivity contribution in [1.29, 1.82) is 5.26 Å². The van der Waals surface area contributed by atoms with Crippen LogP contribution >= 0.6 is 0 Å². The molecular weight excluding hydrogens is 819 g/mol. The Morgan fingerprint density at radius 1 is 0.522 bits per heavy atom. The van der Waals surface area contributed by atoms with Crippen molar-refractivity contribution in [2.24, 2.45) is 0 Å². The highest BCUT2D eigenvalue weighted by molar-refractivity contribution is 6.24. The number of rotatable bonds is 6. The zero-order valence-electron chi connectivity index (χ0n) is 36.8. The fourth-order valence-electron chi connectivity index (χ4n) is 10.9. The molecule has 0 N–H and O–H groups in total. The molecule has 0 saturated carbocycles. The fourth-order valence-corrected chi connectivity index (χ4v) is 10.9. The number of hydrogen-bond donors (Lipinski definition) is 0. The molecule has 7 heteroatoms. The first-order chi connectivity index (χ1) is 33.1. The molecule has 2 atom stereocenters. The van der Waals surface area contributed by atoms with Crippen LogP contribution in [0.3, 0.4) is 0 Å². The standard InChI is InChI=1S/C60H41N7/c1-37-18-16-28-45-46-29-17-19-38(2)55(46)67(54(37)45)53-35-52(41(36-61)34-49(53)60-63-58(39-20-6-3-7-21-39)62-59(64-60)40-22-8-4-9-23-40)66-51-31-15-13-27-44(51)48-33-32-47-43-26-12-14-30-50(43)65(56(47)57(48)66)42-24-10-5-11-25-42/h3-35,45,54H,1-2H3. The van der Waals surface area contributed by atoms with Gasteiger partial charge in [-0.05, 0) is 66.9 Å². The summed E-state index contributed by atoms with van der Waals surface area (Å²) in [7, 11) is 0. The summed E-state index contributed by atoms with van der Waals surface area (Å²) in [6.45, 7) is 4.43. The number of nitriles is 1. The van der Waals surface area contributed by atoms with Crippen molar-refractivity contribution < 1.29 is 0 Å². The van der Waals surface area contributed by atoms with Gasteiger partial charge in [0.2, 0.25) is 0 Å². The first-order valence-electron chi connectivity index (χ1n) is 22.8. The van der Waals surface area contributed by atoms with Crippen LogP contribution in [0, 0.1) is 18.3 Å². The number of hydrogen-bond acceptors (Lipinski definition) is 5. The topological polar surface area (TPSA) is 75.6 Å². The minimum absolute atomic E-state index is 0.0323. The third-order valence-corrected chi connectivity index (χ3v) is 13.8. The molecule has 13 rings (SSSR count).